The Balaban J connectivity index is 1.57. The molecule has 0 amide bonds. The number of benzene rings is 1. The number of aromatic nitrogens is 4. The molecule has 0 radical (unpaired) electrons. The number of alkyl halides is 1. The first kappa shape index (κ1) is 30.8. The third kappa shape index (κ3) is 6.68. The Morgan fingerprint density at radius 1 is 1.27 bits per heavy atom. The second-order valence-corrected chi connectivity index (χ2v) is 12.2. The molecule has 6 atom stereocenters. The molecule has 41 heavy (non-hydrogen) atoms. The number of aryl methyl sites for hydroxylation is 1. The molecule has 2 aromatic heterocycles. The lowest BCUT2D eigenvalue weighted by Gasteiger charge is -2.25. The number of esters is 1. The Morgan fingerprint density at radius 3 is 2.59 bits per heavy atom. The maximum Gasteiger partial charge on any atom is 0.459 e. The van der Waals surface area contributed by atoms with Gasteiger partial charge in [-0.2, -0.15) is 5.09 Å². The van der Waals surface area contributed by atoms with Gasteiger partial charge in [0.15, 0.2) is 28.9 Å². The monoisotopic (exact) mass is 594 g/mol. The zero-order chi connectivity index (χ0) is 30.1. The lowest BCUT2D eigenvalue weighted by molar-refractivity contribution is -0.149. The highest BCUT2D eigenvalue weighted by atomic mass is 31.2. The molecule has 1 saturated heterocycles. The van der Waals surface area contributed by atoms with Crippen LogP contribution in [0.5, 0.6) is 5.75 Å². The van der Waals surface area contributed by atoms with Gasteiger partial charge in [0.05, 0.1) is 19.0 Å². The van der Waals surface area contributed by atoms with E-state index in [1.54, 1.807) is 70.1 Å². The number of nitrogens with one attached hydrogen (secondary N) is 1. The van der Waals surface area contributed by atoms with Gasteiger partial charge in [-0.1, -0.05) is 18.2 Å². The molecular formula is C26H36FN6O7P. The minimum atomic E-state index is -4.27. The second kappa shape index (κ2) is 12.0. The number of fused-ring (bicyclic) bond motifs is 1. The van der Waals surface area contributed by atoms with Crippen molar-refractivity contribution in [1.82, 2.24) is 24.6 Å². The fourth-order valence-electron chi connectivity index (χ4n) is 4.35. The molecule has 2 N–H and O–H groups in total. The Bertz CT molecular complexity index is 1420. The van der Waals surface area contributed by atoms with Crippen LogP contribution in [0.4, 0.5) is 10.2 Å². The minimum absolute atomic E-state index is 0.200. The molecule has 0 bridgehead atoms. The molecule has 1 aromatic carbocycles. The summed E-state index contributed by atoms with van der Waals surface area (Å²) in [6.07, 6.45) is -3.32. The number of aliphatic hydroxyl groups excluding tert-OH is 1. The summed E-state index contributed by atoms with van der Waals surface area (Å²) in [6, 6.07) is 7.11. The first-order valence-electron chi connectivity index (χ1n) is 13.1. The standard InChI is InChI=1S/C26H36FN6O7P/c1-15(2)38-24(35)16(3)31-41(36,40-18-11-9-8-10-12-18)37-13-19-21(34)26(5,27)25(39-19)33-14-28-20-22(32(6)7)29-17(4)30-23(20)33/h8-12,14-16,19,21,25,34H,13H2,1-7H3,(H,31,36)/t16-,19+,21+,25+,26+,41-/m0/s1. The Morgan fingerprint density at radius 2 is 1.95 bits per heavy atom. The fraction of sp³-hybridized carbons (Fsp3) is 0.538. The van der Waals surface area contributed by atoms with Crippen LogP contribution in [-0.4, -0.2) is 81.3 Å². The normalized spacial score (nSPS) is 24.8. The van der Waals surface area contributed by atoms with Crippen molar-refractivity contribution in [2.75, 3.05) is 25.6 Å². The molecule has 13 nitrogen and oxygen atoms in total. The molecule has 0 unspecified atom stereocenters. The molecule has 1 aliphatic rings. The number of aliphatic hydroxyl groups is 1. The van der Waals surface area contributed by atoms with E-state index in [2.05, 4.69) is 20.0 Å². The van der Waals surface area contributed by atoms with E-state index in [4.69, 9.17) is 18.5 Å². The second-order valence-electron chi connectivity index (χ2n) is 10.5. The van der Waals surface area contributed by atoms with E-state index in [-0.39, 0.29) is 5.75 Å². The molecule has 3 aromatic rings. The molecule has 15 heteroatoms. The lowest BCUT2D eigenvalue weighted by atomic mass is 9.98. The highest BCUT2D eigenvalue weighted by molar-refractivity contribution is 7.52. The van der Waals surface area contributed by atoms with Crippen LogP contribution in [-0.2, 0) is 23.4 Å². The number of halogens is 1. The van der Waals surface area contributed by atoms with Crippen molar-refractivity contribution in [2.24, 2.45) is 0 Å². The smallest absolute Gasteiger partial charge is 0.459 e. The predicted octanol–water partition coefficient (Wildman–Crippen LogP) is 3.32. The third-order valence-electron chi connectivity index (χ3n) is 6.34. The first-order chi connectivity index (χ1) is 19.2. The van der Waals surface area contributed by atoms with Gasteiger partial charge in [-0.3, -0.25) is 13.9 Å². The summed E-state index contributed by atoms with van der Waals surface area (Å²) in [5.41, 5.74) is -1.56. The van der Waals surface area contributed by atoms with Crippen molar-refractivity contribution in [3.05, 3.63) is 42.5 Å². The van der Waals surface area contributed by atoms with Crippen LogP contribution < -0.4 is 14.5 Å². The maximum atomic E-state index is 16.1. The van der Waals surface area contributed by atoms with Crippen molar-refractivity contribution < 1.29 is 37.4 Å². The number of para-hydroxylation sites is 1. The van der Waals surface area contributed by atoms with Gasteiger partial charge in [0.2, 0.25) is 0 Å². The molecular weight excluding hydrogens is 558 g/mol. The lowest BCUT2D eigenvalue weighted by Crippen LogP contribution is -2.41. The Kier molecular flexibility index (Phi) is 9.00. The fourth-order valence-corrected chi connectivity index (χ4v) is 5.85. The average molecular weight is 595 g/mol. The van der Waals surface area contributed by atoms with Gasteiger partial charge in [0.25, 0.3) is 0 Å². The zero-order valence-corrected chi connectivity index (χ0v) is 24.9. The Labute approximate surface area is 237 Å². The summed E-state index contributed by atoms with van der Waals surface area (Å²) in [6.45, 7) is 7.17. The van der Waals surface area contributed by atoms with Gasteiger partial charge >= 0.3 is 13.7 Å². The van der Waals surface area contributed by atoms with Crippen molar-refractivity contribution >= 4 is 30.7 Å². The number of ether oxygens (including phenoxy) is 2. The summed E-state index contributed by atoms with van der Waals surface area (Å²) in [4.78, 5) is 27.3. The van der Waals surface area contributed by atoms with Gasteiger partial charge in [0.1, 0.15) is 29.8 Å². The van der Waals surface area contributed by atoms with Crippen LogP contribution in [0.1, 0.15) is 39.7 Å². The van der Waals surface area contributed by atoms with Gasteiger partial charge in [-0.25, -0.2) is 23.9 Å². The van der Waals surface area contributed by atoms with E-state index in [0.29, 0.717) is 22.8 Å². The van der Waals surface area contributed by atoms with E-state index < -0.39 is 56.6 Å². The maximum absolute atomic E-state index is 16.1. The van der Waals surface area contributed by atoms with Crippen molar-refractivity contribution in [3.63, 3.8) is 0 Å². The van der Waals surface area contributed by atoms with Gasteiger partial charge in [-0.15, -0.1) is 0 Å². The summed E-state index contributed by atoms with van der Waals surface area (Å²) >= 11 is 0. The van der Waals surface area contributed by atoms with Gasteiger partial charge in [-0.05, 0) is 46.8 Å². The van der Waals surface area contributed by atoms with Crippen LogP contribution in [0, 0.1) is 6.92 Å². The SMILES string of the molecule is Cc1nc(N(C)C)c2ncn([C@@H]3O[C@H](CO[P@@](=O)(N[C@@H](C)C(=O)OC(C)C)Oc4ccccc4)[C@@H](O)[C@@]3(C)F)c2n1. The molecule has 3 heterocycles. The number of hydrogen-bond donors (Lipinski definition) is 2. The largest absolute Gasteiger partial charge is 0.462 e. The van der Waals surface area contributed by atoms with Crippen molar-refractivity contribution in [3.8, 4) is 5.75 Å². The number of nitrogens with zero attached hydrogens (tertiary/aromatic N) is 5. The number of imidazole rings is 1. The molecule has 1 fully saturated rings. The molecule has 224 valence electrons. The van der Waals surface area contributed by atoms with E-state index in [9.17, 15) is 14.5 Å². The van der Waals surface area contributed by atoms with Crippen LogP contribution in [0.2, 0.25) is 0 Å². The zero-order valence-electron chi connectivity index (χ0n) is 24.0. The molecule has 0 spiro atoms. The van der Waals surface area contributed by atoms with Crippen LogP contribution in [0.15, 0.2) is 36.7 Å². The average Bonchev–Trinajstić information content (AvgIpc) is 3.40. The number of hydrogen-bond acceptors (Lipinski definition) is 11. The molecule has 0 aliphatic carbocycles. The van der Waals surface area contributed by atoms with Crippen molar-refractivity contribution in [2.45, 2.75) is 70.9 Å². The minimum Gasteiger partial charge on any atom is -0.462 e. The highest BCUT2D eigenvalue weighted by Gasteiger charge is 2.56. The quantitative estimate of drug-likeness (QED) is 0.248. The van der Waals surface area contributed by atoms with Gasteiger partial charge in [0, 0.05) is 14.1 Å². The first-order valence-corrected chi connectivity index (χ1v) is 14.6. The van der Waals surface area contributed by atoms with Crippen molar-refractivity contribution in [1.29, 1.82) is 0 Å². The number of anilines is 1. The summed E-state index contributed by atoms with van der Waals surface area (Å²) < 4.78 is 53.6. The van der Waals surface area contributed by atoms with E-state index in [1.807, 2.05) is 0 Å². The number of carbonyl (C=O) groups is 1. The Hall–Kier alpha value is -3.16. The predicted molar refractivity (Wildman–Crippen MR) is 148 cm³/mol. The van der Waals surface area contributed by atoms with E-state index in [1.165, 1.54) is 24.7 Å². The number of rotatable bonds is 11. The summed E-state index contributed by atoms with van der Waals surface area (Å²) in [7, 11) is -0.665. The summed E-state index contributed by atoms with van der Waals surface area (Å²) in [5.74, 6) is 0.512. The van der Waals surface area contributed by atoms with Crippen LogP contribution >= 0.6 is 7.75 Å². The molecule has 4 rings (SSSR count). The van der Waals surface area contributed by atoms with E-state index in [0.717, 1.165) is 0 Å². The van der Waals surface area contributed by atoms with E-state index >= 15 is 4.39 Å². The topological polar surface area (TPSA) is 150 Å². The van der Waals surface area contributed by atoms with Crippen LogP contribution in [0.3, 0.4) is 0 Å². The number of carbonyl (C=O) groups excluding carboxylic acids is 1. The van der Waals surface area contributed by atoms with Crippen LogP contribution in [0.25, 0.3) is 11.2 Å². The van der Waals surface area contributed by atoms with Gasteiger partial charge < -0.3 is 24.0 Å². The highest BCUT2D eigenvalue weighted by Crippen LogP contribution is 2.48. The molecule has 1 aliphatic heterocycles. The summed E-state index contributed by atoms with van der Waals surface area (Å²) in [5, 5.41) is 13.5. The third-order valence-corrected chi connectivity index (χ3v) is 7.99. The molecule has 0 saturated carbocycles.